The monoisotopic (exact) mass is 419 g/mol. The molecule has 1 amide bonds. The van der Waals surface area contributed by atoms with E-state index >= 15 is 0 Å². The Morgan fingerprint density at radius 2 is 1.70 bits per heavy atom. The van der Waals surface area contributed by atoms with Crippen molar-refractivity contribution in [1.82, 2.24) is 30.2 Å². The number of nitrogens with zero attached hydrogens (tertiary/aromatic N) is 7. The Bertz CT molecular complexity index is 1240. The lowest BCUT2D eigenvalue weighted by atomic mass is 10.1. The van der Waals surface area contributed by atoms with Crippen molar-refractivity contribution in [1.29, 1.82) is 0 Å². The average Bonchev–Trinajstić information content (AvgIpc) is 3.27. The van der Waals surface area contributed by atoms with E-state index in [0.717, 1.165) is 22.2 Å². The van der Waals surface area contributed by atoms with Crippen LogP contribution >= 0.6 is 11.6 Å². The molecule has 5 rings (SSSR count). The molecule has 1 aliphatic rings. The number of carbonyl (C=O) groups is 1. The van der Waals surface area contributed by atoms with Gasteiger partial charge >= 0.3 is 0 Å². The number of rotatable bonds is 3. The van der Waals surface area contributed by atoms with Crippen LogP contribution < -0.4 is 4.90 Å². The summed E-state index contributed by atoms with van der Waals surface area (Å²) < 4.78 is 1.46. The fourth-order valence-corrected chi connectivity index (χ4v) is 3.77. The number of hydrogen-bond donors (Lipinski definition) is 0. The van der Waals surface area contributed by atoms with Crippen LogP contribution in [0.3, 0.4) is 0 Å². The zero-order valence-corrected chi connectivity index (χ0v) is 16.8. The van der Waals surface area contributed by atoms with E-state index in [2.05, 4.69) is 25.5 Å². The Kier molecular flexibility index (Phi) is 4.76. The minimum Gasteiger partial charge on any atom is -0.351 e. The SMILES string of the molecule is O=C(/C=C/c1ccc(Cl)cc1)N1CCN(c2nn3nnnc3c3ccccc23)CC1. The molecule has 0 radical (unpaired) electrons. The minimum absolute atomic E-state index is 0.00153. The van der Waals surface area contributed by atoms with Gasteiger partial charge in [-0.15, -0.1) is 14.8 Å². The first-order valence-corrected chi connectivity index (χ1v) is 10.0. The largest absolute Gasteiger partial charge is 0.351 e. The lowest BCUT2D eigenvalue weighted by molar-refractivity contribution is -0.126. The number of halogens is 1. The summed E-state index contributed by atoms with van der Waals surface area (Å²) in [7, 11) is 0. The summed E-state index contributed by atoms with van der Waals surface area (Å²) in [5, 5.41) is 19.0. The molecule has 0 spiro atoms. The summed E-state index contributed by atoms with van der Waals surface area (Å²) in [5.74, 6) is 0.826. The maximum Gasteiger partial charge on any atom is 0.246 e. The van der Waals surface area contributed by atoms with Gasteiger partial charge in [-0.05, 0) is 34.2 Å². The highest BCUT2D eigenvalue weighted by atomic mass is 35.5. The van der Waals surface area contributed by atoms with Gasteiger partial charge in [-0.3, -0.25) is 4.79 Å². The molecule has 4 aromatic rings. The smallest absolute Gasteiger partial charge is 0.246 e. The summed E-state index contributed by atoms with van der Waals surface area (Å²) >= 11 is 5.90. The highest BCUT2D eigenvalue weighted by Crippen LogP contribution is 2.27. The first-order chi connectivity index (χ1) is 14.7. The van der Waals surface area contributed by atoms with E-state index in [-0.39, 0.29) is 5.91 Å². The van der Waals surface area contributed by atoms with E-state index in [1.807, 2.05) is 59.5 Å². The van der Waals surface area contributed by atoms with E-state index < -0.39 is 0 Å². The second-order valence-electron chi connectivity index (χ2n) is 7.06. The molecule has 1 aliphatic heterocycles. The van der Waals surface area contributed by atoms with Crippen molar-refractivity contribution in [2.75, 3.05) is 31.1 Å². The predicted octanol–water partition coefficient (Wildman–Crippen LogP) is 2.69. The van der Waals surface area contributed by atoms with Crippen LogP contribution in [0.2, 0.25) is 5.02 Å². The Balaban J connectivity index is 1.32. The molecule has 0 bridgehead atoms. The first kappa shape index (κ1) is 18.5. The number of fused-ring (bicyclic) bond motifs is 3. The Labute approximate surface area is 177 Å². The maximum atomic E-state index is 12.6. The number of benzene rings is 2. The van der Waals surface area contributed by atoms with Gasteiger partial charge in [-0.1, -0.05) is 48.0 Å². The van der Waals surface area contributed by atoms with Crippen molar-refractivity contribution in [3.63, 3.8) is 0 Å². The van der Waals surface area contributed by atoms with Crippen LogP contribution in [-0.4, -0.2) is 62.2 Å². The lowest BCUT2D eigenvalue weighted by Gasteiger charge is -2.35. The normalized spacial score (nSPS) is 14.8. The molecule has 1 saturated heterocycles. The fraction of sp³-hybridized carbons (Fsp3) is 0.190. The fourth-order valence-electron chi connectivity index (χ4n) is 3.65. The standard InChI is InChI=1S/C21H18ClN7O/c22-16-8-5-15(6-9-16)7-10-19(30)27-11-13-28(14-12-27)21-18-4-2-1-3-17(18)20-23-25-26-29(20)24-21/h1-10H,11-14H2/b10-7+. The van der Waals surface area contributed by atoms with Crippen LogP contribution in [0.4, 0.5) is 5.82 Å². The van der Waals surface area contributed by atoms with Gasteiger partial charge in [0.15, 0.2) is 5.82 Å². The number of anilines is 1. The highest BCUT2D eigenvalue weighted by Gasteiger charge is 2.23. The molecule has 2 aromatic carbocycles. The molecule has 0 unspecified atom stereocenters. The molecule has 0 aliphatic carbocycles. The average molecular weight is 420 g/mol. The van der Waals surface area contributed by atoms with Gasteiger partial charge < -0.3 is 9.80 Å². The molecule has 0 N–H and O–H groups in total. The summed E-state index contributed by atoms with van der Waals surface area (Å²) in [6, 6.07) is 15.4. The molecule has 0 atom stereocenters. The van der Waals surface area contributed by atoms with Crippen LogP contribution in [0.5, 0.6) is 0 Å². The van der Waals surface area contributed by atoms with Crippen molar-refractivity contribution in [2.45, 2.75) is 0 Å². The second kappa shape index (κ2) is 7.72. The Morgan fingerprint density at radius 1 is 0.967 bits per heavy atom. The number of carbonyl (C=O) groups excluding carboxylic acids is 1. The molecule has 9 heteroatoms. The number of amides is 1. The van der Waals surface area contributed by atoms with Crippen molar-refractivity contribution in [3.8, 4) is 0 Å². The molecule has 1 fully saturated rings. The van der Waals surface area contributed by atoms with Crippen molar-refractivity contribution < 1.29 is 4.79 Å². The van der Waals surface area contributed by atoms with Gasteiger partial charge in [0.25, 0.3) is 0 Å². The number of hydrogen-bond acceptors (Lipinski definition) is 6. The predicted molar refractivity (Wildman–Crippen MR) is 115 cm³/mol. The third-order valence-corrected chi connectivity index (χ3v) is 5.48. The zero-order chi connectivity index (χ0) is 20.5. The van der Waals surface area contributed by atoms with Crippen LogP contribution in [0, 0.1) is 0 Å². The van der Waals surface area contributed by atoms with Crippen LogP contribution in [0.1, 0.15) is 5.56 Å². The van der Waals surface area contributed by atoms with Gasteiger partial charge in [0.1, 0.15) is 0 Å². The van der Waals surface area contributed by atoms with Crippen LogP contribution in [0.25, 0.3) is 22.5 Å². The second-order valence-corrected chi connectivity index (χ2v) is 7.49. The van der Waals surface area contributed by atoms with Crippen LogP contribution in [-0.2, 0) is 4.79 Å². The number of aromatic nitrogens is 5. The summed E-state index contributed by atoms with van der Waals surface area (Å²) in [6.07, 6.45) is 3.42. The van der Waals surface area contributed by atoms with Gasteiger partial charge in [-0.2, -0.15) is 0 Å². The summed E-state index contributed by atoms with van der Waals surface area (Å²) in [4.78, 5) is 16.6. The summed E-state index contributed by atoms with van der Waals surface area (Å²) in [6.45, 7) is 2.61. The molecule has 8 nitrogen and oxygen atoms in total. The third-order valence-electron chi connectivity index (χ3n) is 5.23. The maximum absolute atomic E-state index is 12.6. The van der Waals surface area contributed by atoms with Crippen molar-refractivity contribution >= 4 is 45.8 Å². The molecular weight excluding hydrogens is 402 g/mol. The summed E-state index contributed by atoms with van der Waals surface area (Å²) in [5.41, 5.74) is 1.58. The van der Waals surface area contributed by atoms with Gasteiger partial charge in [-0.25, -0.2) is 0 Å². The highest BCUT2D eigenvalue weighted by molar-refractivity contribution is 6.30. The van der Waals surface area contributed by atoms with Gasteiger partial charge in [0, 0.05) is 48.1 Å². The van der Waals surface area contributed by atoms with E-state index in [4.69, 9.17) is 11.6 Å². The molecule has 2 aromatic heterocycles. The Morgan fingerprint density at radius 3 is 2.47 bits per heavy atom. The quantitative estimate of drug-likeness (QED) is 0.475. The molecule has 0 saturated carbocycles. The molecule has 30 heavy (non-hydrogen) atoms. The third kappa shape index (κ3) is 3.46. The number of piperazine rings is 1. The van der Waals surface area contributed by atoms with Crippen molar-refractivity contribution in [2.24, 2.45) is 0 Å². The topological polar surface area (TPSA) is 79.5 Å². The molecule has 150 valence electrons. The zero-order valence-electron chi connectivity index (χ0n) is 16.0. The van der Waals surface area contributed by atoms with E-state index in [0.29, 0.717) is 36.8 Å². The lowest BCUT2D eigenvalue weighted by Crippen LogP contribution is -2.48. The van der Waals surface area contributed by atoms with E-state index in [9.17, 15) is 4.79 Å². The number of tetrazole rings is 1. The van der Waals surface area contributed by atoms with Crippen molar-refractivity contribution in [3.05, 3.63) is 65.2 Å². The Hall–Kier alpha value is -3.52. The van der Waals surface area contributed by atoms with E-state index in [1.54, 1.807) is 6.08 Å². The minimum atomic E-state index is -0.00153. The van der Waals surface area contributed by atoms with E-state index in [1.165, 1.54) is 4.63 Å². The van der Waals surface area contributed by atoms with Gasteiger partial charge in [0.2, 0.25) is 11.6 Å². The molecular formula is C21H18ClN7O. The molecule has 3 heterocycles. The van der Waals surface area contributed by atoms with Gasteiger partial charge in [0.05, 0.1) is 0 Å². The van der Waals surface area contributed by atoms with Crippen LogP contribution in [0.15, 0.2) is 54.6 Å². The first-order valence-electron chi connectivity index (χ1n) is 9.64.